The molecule has 0 atom stereocenters. The molecule has 0 saturated carbocycles. The molecule has 0 bridgehead atoms. The van der Waals surface area contributed by atoms with E-state index in [1.165, 1.54) is 18.4 Å². The minimum Gasteiger partial charge on any atom is -0.360 e. The lowest BCUT2D eigenvalue weighted by molar-refractivity contribution is -0.109. The van der Waals surface area contributed by atoms with Gasteiger partial charge in [-0.3, -0.25) is 4.79 Å². The van der Waals surface area contributed by atoms with E-state index in [-0.39, 0.29) is 0 Å². The molecule has 4 nitrogen and oxygen atoms in total. The molecule has 112 valence electrons. The summed E-state index contributed by atoms with van der Waals surface area (Å²) in [5.41, 5.74) is 1.31. The van der Waals surface area contributed by atoms with Crippen LogP contribution in [0.1, 0.15) is 38.7 Å². The summed E-state index contributed by atoms with van der Waals surface area (Å²) in [6.45, 7) is 6.12. The van der Waals surface area contributed by atoms with Crippen molar-refractivity contribution in [1.82, 2.24) is 10.3 Å². The van der Waals surface area contributed by atoms with Gasteiger partial charge < -0.3 is 10.2 Å². The second-order valence-electron chi connectivity index (χ2n) is 5.66. The molecule has 0 aliphatic rings. The molecular weight excluding hydrogens is 250 g/mol. The number of carbonyl (C=O) groups excluding carboxylic acids is 1. The predicted octanol–water partition coefficient (Wildman–Crippen LogP) is 2.63. The van der Waals surface area contributed by atoms with Crippen LogP contribution in [0.2, 0.25) is 0 Å². The largest absolute Gasteiger partial charge is 0.360 e. The van der Waals surface area contributed by atoms with Gasteiger partial charge >= 0.3 is 0 Å². The highest BCUT2D eigenvalue weighted by Crippen LogP contribution is 2.13. The minimum absolute atomic E-state index is 0.709. The molecule has 1 heterocycles. The van der Waals surface area contributed by atoms with E-state index in [1.54, 1.807) is 0 Å². The number of hydrogen-bond acceptors (Lipinski definition) is 3. The van der Waals surface area contributed by atoms with Crippen molar-refractivity contribution in [3.8, 4) is 0 Å². The van der Waals surface area contributed by atoms with Crippen molar-refractivity contribution in [3.05, 3.63) is 23.9 Å². The third-order valence-electron chi connectivity index (χ3n) is 3.35. The normalized spacial score (nSPS) is 10.6. The first-order valence-corrected chi connectivity index (χ1v) is 7.46. The second-order valence-corrected chi connectivity index (χ2v) is 5.66. The van der Waals surface area contributed by atoms with Gasteiger partial charge in [-0.25, -0.2) is 4.98 Å². The Bertz CT molecular complexity index is 376. The molecule has 0 aliphatic carbocycles. The maximum Gasteiger partial charge on any atom is 0.207 e. The molecule has 0 radical (unpaired) electrons. The van der Waals surface area contributed by atoms with Crippen LogP contribution in [-0.2, 0) is 11.2 Å². The van der Waals surface area contributed by atoms with Gasteiger partial charge in [0.15, 0.2) is 0 Å². The standard InChI is InChI=1S/C16H27N3O/c1-14(2)6-4-7-15-8-9-16(18-12-15)19(3)11-5-10-17-13-20/h8-9,12-14H,4-7,10-11H2,1-3H3,(H,17,20). The molecule has 0 spiro atoms. The summed E-state index contributed by atoms with van der Waals surface area (Å²) in [4.78, 5) is 16.8. The van der Waals surface area contributed by atoms with Crippen molar-refractivity contribution in [1.29, 1.82) is 0 Å². The maximum absolute atomic E-state index is 10.1. The zero-order chi connectivity index (χ0) is 14.8. The van der Waals surface area contributed by atoms with Gasteiger partial charge in [0.25, 0.3) is 0 Å². The molecule has 0 unspecified atom stereocenters. The van der Waals surface area contributed by atoms with Crippen LogP contribution in [0.15, 0.2) is 18.3 Å². The van der Waals surface area contributed by atoms with Crippen molar-refractivity contribution in [2.45, 2.75) is 39.5 Å². The number of amides is 1. The molecule has 20 heavy (non-hydrogen) atoms. The Morgan fingerprint density at radius 1 is 1.35 bits per heavy atom. The van der Waals surface area contributed by atoms with Gasteiger partial charge in [0.05, 0.1) is 0 Å². The first-order valence-electron chi connectivity index (χ1n) is 7.46. The zero-order valence-electron chi connectivity index (χ0n) is 12.9. The summed E-state index contributed by atoms with van der Waals surface area (Å²) < 4.78 is 0. The lowest BCUT2D eigenvalue weighted by Crippen LogP contribution is -2.23. The van der Waals surface area contributed by atoms with Gasteiger partial charge in [-0.15, -0.1) is 0 Å². The second kappa shape index (κ2) is 9.34. The van der Waals surface area contributed by atoms with Gasteiger partial charge in [-0.2, -0.15) is 0 Å². The van der Waals surface area contributed by atoms with Crippen LogP contribution in [0, 0.1) is 5.92 Å². The molecule has 1 aromatic heterocycles. The van der Waals surface area contributed by atoms with E-state index in [1.807, 2.05) is 13.2 Å². The average Bonchev–Trinajstić information content (AvgIpc) is 2.44. The van der Waals surface area contributed by atoms with Crippen molar-refractivity contribution >= 4 is 12.2 Å². The van der Waals surface area contributed by atoms with E-state index < -0.39 is 0 Å². The van der Waals surface area contributed by atoms with Gasteiger partial charge in [0.2, 0.25) is 6.41 Å². The fourth-order valence-electron chi connectivity index (χ4n) is 2.10. The van der Waals surface area contributed by atoms with Crippen molar-refractivity contribution in [3.63, 3.8) is 0 Å². The molecule has 1 rings (SSSR count). The maximum atomic E-state index is 10.1. The van der Waals surface area contributed by atoms with Gasteiger partial charge in [0.1, 0.15) is 5.82 Å². The molecule has 0 aromatic carbocycles. The summed E-state index contributed by atoms with van der Waals surface area (Å²) in [6, 6.07) is 4.25. The van der Waals surface area contributed by atoms with E-state index in [0.29, 0.717) is 6.54 Å². The summed E-state index contributed by atoms with van der Waals surface area (Å²) >= 11 is 0. The fraction of sp³-hybridized carbons (Fsp3) is 0.625. The van der Waals surface area contributed by atoms with Crippen molar-refractivity contribution in [2.24, 2.45) is 5.92 Å². The number of aromatic nitrogens is 1. The summed E-state index contributed by atoms with van der Waals surface area (Å²) in [5.74, 6) is 1.76. The third-order valence-corrected chi connectivity index (χ3v) is 3.35. The monoisotopic (exact) mass is 277 g/mol. The van der Waals surface area contributed by atoms with E-state index in [2.05, 4.69) is 41.2 Å². The van der Waals surface area contributed by atoms with E-state index in [9.17, 15) is 4.79 Å². The number of aryl methyl sites for hydroxylation is 1. The van der Waals surface area contributed by atoms with E-state index >= 15 is 0 Å². The fourth-order valence-corrected chi connectivity index (χ4v) is 2.10. The number of nitrogens with one attached hydrogen (secondary N) is 1. The third kappa shape index (κ3) is 6.55. The van der Waals surface area contributed by atoms with Crippen LogP contribution in [0.25, 0.3) is 0 Å². The van der Waals surface area contributed by atoms with Gasteiger partial charge in [0, 0.05) is 26.3 Å². The van der Waals surface area contributed by atoms with Crippen LogP contribution in [0.4, 0.5) is 5.82 Å². The Morgan fingerprint density at radius 2 is 2.15 bits per heavy atom. The number of carbonyl (C=O) groups is 1. The smallest absolute Gasteiger partial charge is 0.207 e. The predicted molar refractivity (Wildman–Crippen MR) is 84.0 cm³/mol. The van der Waals surface area contributed by atoms with Crippen LogP contribution in [-0.4, -0.2) is 31.5 Å². The Hall–Kier alpha value is -1.58. The number of hydrogen-bond donors (Lipinski definition) is 1. The summed E-state index contributed by atoms with van der Waals surface area (Å²) in [5, 5.41) is 2.67. The molecular formula is C16H27N3O. The van der Waals surface area contributed by atoms with Crippen molar-refractivity contribution in [2.75, 3.05) is 25.0 Å². The Balaban J connectivity index is 2.35. The van der Waals surface area contributed by atoms with Crippen molar-refractivity contribution < 1.29 is 4.79 Å². The lowest BCUT2D eigenvalue weighted by Gasteiger charge is -2.18. The highest BCUT2D eigenvalue weighted by Gasteiger charge is 2.03. The highest BCUT2D eigenvalue weighted by molar-refractivity contribution is 5.45. The zero-order valence-corrected chi connectivity index (χ0v) is 12.9. The van der Waals surface area contributed by atoms with Crippen LogP contribution >= 0.6 is 0 Å². The first-order chi connectivity index (χ1) is 9.63. The summed E-state index contributed by atoms with van der Waals surface area (Å²) in [7, 11) is 2.03. The Kier molecular flexibility index (Phi) is 7.70. The number of nitrogens with zero attached hydrogens (tertiary/aromatic N) is 2. The molecule has 0 saturated heterocycles. The molecule has 0 aliphatic heterocycles. The highest BCUT2D eigenvalue weighted by atomic mass is 16.1. The summed E-state index contributed by atoms with van der Waals surface area (Å²) in [6.07, 6.45) is 7.25. The minimum atomic E-state index is 0.709. The number of pyridine rings is 1. The van der Waals surface area contributed by atoms with Crippen LogP contribution < -0.4 is 10.2 Å². The SMILES string of the molecule is CC(C)CCCc1ccc(N(C)CCCNC=O)nc1. The van der Waals surface area contributed by atoms with Gasteiger partial charge in [-0.05, 0) is 36.8 Å². The van der Waals surface area contributed by atoms with Crippen LogP contribution in [0.3, 0.4) is 0 Å². The topological polar surface area (TPSA) is 45.2 Å². The Labute approximate surface area is 122 Å². The number of anilines is 1. The first kappa shape index (κ1) is 16.5. The van der Waals surface area contributed by atoms with E-state index in [4.69, 9.17) is 0 Å². The lowest BCUT2D eigenvalue weighted by atomic mass is 10.0. The molecule has 1 N–H and O–H groups in total. The molecule has 1 aromatic rings. The quantitative estimate of drug-likeness (QED) is 0.528. The van der Waals surface area contributed by atoms with E-state index in [0.717, 1.165) is 37.5 Å². The average molecular weight is 277 g/mol. The molecule has 4 heteroatoms. The Morgan fingerprint density at radius 3 is 2.75 bits per heavy atom. The molecule has 0 fully saturated rings. The number of rotatable bonds is 10. The molecule has 1 amide bonds. The van der Waals surface area contributed by atoms with Crippen LogP contribution in [0.5, 0.6) is 0 Å². The van der Waals surface area contributed by atoms with Gasteiger partial charge in [-0.1, -0.05) is 26.3 Å².